The molecule has 0 spiro atoms. The monoisotopic (exact) mass is 284 g/mol. The van der Waals surface area contributed by atoms with Gasteiger partial charge in [-0.05, 0) is 24.6 Å². The van der Waals surface area contributed by atoms with Crippen LogP contribution in [0.4, 0.5) is 5.69 Å². The lowest BCUT2D eigenvalue weighted by atomic mass is 9.93. The number of benzene rings is 2. The van der Waals surface area contributed by atoms with E-state index in [2.05, 4.69) is 0 Å². The molecule has 0 saturated heterocycles. The molecule has 108 valence electrons. The molecule has 0 saturated carbocycles. The second-order valence-corrected chi connectivity index (χ2v) is 5.04. The Bertz CT molecular complexity index is 717. The predicted octanol–water partition coefficient (Wildman–Crippen LogP) is 2.05. The van der Waals surface area contributed by atoms with E-state index in [4.69, 9.17) is 10.5 Å². The first kappa shape index (κ1) is 13.6. The molecule has 5 nitrogen and oxygen atoms in total. The highest BCUT2D eigenvalue weighted by molar-refractivity contribution is 6.26. The second-order valence-electron chi connectivity index (χ2n) is 5.04. The Morgan fingerprint density at radius 3 is 2.52 bits per heavy atom. The summed E-state index contributed by atoms with van der Waals surface area (Å²) in [4.78, 5) is 26.4. The number of ether oxygens (including phenoxy) is 1. The highest BCUT2D eigenvalue weighted by Gasteiger charge is 2.32. The predicted molar refractivity (Wildman–Crippen MR) is 80.2 cm³/mol. The molecule has 21 heavy (non-hydrogen) atoms. The molecule has 1 aliphatic heterocycles. The Hall–Kier alpha value is -2.40. The SMILES string of the molecule is COCCCN1C(=O)c2cccc3c(N)ccc(c23)C1=O. The Labute approximate surface area is 122 Å². The topological polar surface area (TPSA) is 72.6 Å². The van der Waals surface area contributed by atoms with Gasteiger partial charge in [0.1, 0.15) is 0 Å². The Balaban J connectivity index is 2.11. The van der Waals surface area contributed by atoms with Gasteiger partial charge in [0.15, 0.2) is 0 Å². The fraction of sp³-hybridized carbons (Fsp3) is 0.250. The zero-order valence-electron chi connectivity index (χ0n) is 11.8. The number of amides is 2. The normalized spacial score (nSPS) is 14.0. The molecule has 3 rings (SSSR count). The fourth-order valence-electron chi connectivity index (χ4n) is 2.74. The number of anilines is 1. The van der Waals surface area contributed by atoms with E-state index in [1.165, 1.54) is 4.90 Å². The van der Waals surface area contributed by atoms with E-state index in [1.807, 2.05) is 6.07 Å². The maximum Gasteiger partial charge on any atom is 0.261 e. The van der Waals surface area contributed by atoms with Gasteiger partial charge >= 0.3 is 0 Å². The van der Waals surface area contributed by atoms with Crippen LogP contribution in [-0.4, -0.2) is 37.0 Å². The maximum atomic E-state index is 12.5. The van der Waals surface area contributed by atoms with Crippen molar-refractivity contribution in [1.29, 1.82) is 0 Å². The third kappa shape index (κ3) is 2.06. The van der Waals surface area contributed by atoms with Gasteiger partial charge in [-0.25, -0.2) is 0 Å². The van der Waals surface area contributed by atoms with Gasteiger partial charge in [0.25, 0.3) is 11.8 Å². The molecule has 2 N–H and O–H groups in total. The van der Waals surface area contributed by atoms with Crippen LogP contribution in [0.25, 0.3) is 10.8 Å². The summed E-state index contributed by atoms with van der Waals surface area (Å²) in [6.45, 7) is 0.863. The lowest BCUT2D eigenvalue weighted by Gasteiger charge is -2.27. The summed E-state index contributed by atoms with van der Waals surface area (Å²) in [6, 6.07) is 8.77. The summed E-state index contributed by atoms with van der Waals surface area (Å²) in [5.74, 6) is -0.528. The summed E-state index contributed by atoms with van der Waals surface area (Å²) in [5, 5.41) is 1.42. The molecular formula is C16H16N2O3. The number of nitrogens with zero attached hydrogens (tertiary/aromatic N) is 1. The third-order valence-electron chi connectivity index (χ3n) is 3.76. The van der Waals surface area contributed by atoms with Crippen molar-refractivity contribution in [3.8, 4) is 0 Å². The Morgan fingerprint density at radius 2 is 1.81 bits per heavy atom. The molecule has 0 aliphatic carbocycles. The van der Waals surface area contributed by atoms with E-state index in [9.17, 15) is 9.59 Å². The van der Waals surface area contributed by atoms with Gasteiger partial charge in [-0.3, -0.25) is 14.5 Å². The van der Waals surface area contributed by atoms with E-state index in [0.29, 0.717) is 41.8 Å². The molecule has 0 fully saturated rings. The third-order valence-corrected chi connectivity index (χ3v) is 3.76. The standard InChI is InChI=1S/C16H16N2O3/c1-21-9-3-8-18-15(19)11-5-2-4-10-13(17)7-6-12(14(10)11)16(18)20/h2,4-7H,3,8-9,17H2,1H3. The number of rotatable bonds is 4. The molecule has 5 heteroatoms. The largest absolute Gasteiger partial charge is 0.398 e. The van der Waals surface area contributed by atoms with Crippen LogP contribution in [0, 0.1) is 0 Å². The van der Waals surface area contributed by atoms with Crippen molar-refractivity contribution in [2.24, 2.45) is 0 Å². The minimum atomic E-state index is -0.264. The summed E-state index contributed by atoms with van der Waals surface area (Å²) in [6.07, 6.45) is 0.619. The number of nitrogen functional groups attached to an aromatic ring is 1. The maximum absolute atomic E-state index is 12.5. The van der Waals surface area contributed by atoms with Crippen molar-refractivity contribution in [3.63, 3.8) is 0 Å². The molecule has 0 aromatic heterocycles. The average Bonchev–Trinajstić information content (AvgIpc) is 2.49. The van der Waals surface area contributed by atoms with Gasteiger partial charge in [-0.1, -0.05) is 12.1 Å². The quantitative estimate of drug-likeness (QED) is 0.530. The number of nitrogens with two attached hydrogens (primary N) is 1. The Morgan fingerprint density at radius 1 is 1.10 bits per heavy atom. The molecule has 0 unspecified atom stereocenters. The van der Waals surface area contributed by atoms with Gasteiger partial charge in [0, 0.05) is 47.8 Å². The first-order chi connectivity index (χ1) is 10.1. The van der Waals surface area contributed by atoms with Gasteiger partial charge in [0.05, 0.1) is 0 Å². The van der Waals surface area contributed by atoms with Crippen LogP contribution in [0.5, 0.6) is 0 Å². The summed E-state index contributed by atoms with van der Waals surface area (Å²) in [5.41, 5.74) is 7.59. The number of carbonyl (C=O) groups is 2. The van der Waals surface area contributed by atoms with Crippen LogP contribution in [0.1, 0.15) is 27.1 Å². The highest BCUT2D eigenvalue weighted by atomic mass is 16.5. The minimum Gasteiger partial charge on any atom is -0.398 e. The lowest BCUT2D eigenvalue weighted by molar-refractivity contribution is 0.0595. The van der Waals surface area contributed by atoms with Crippen molar-refractivity contribution in [3.05, 3.63) is 41.5 Å². The van der Waals surface area contributed by atoms with Crippen LogP contribution in [0.2, 0.25) is 0 Å². The van der Waals surface area contributed by atoms with Gasteiger partial charge in [-0.2, -0.15) is 0 Å². The molecule has 0 radical (unpaired) electrons. The molecular weight excluding hydrogens is 268 g/mol. The summed E-state index contributed by atoms with van der Waals surface area (Å²) < 4.78 is 4.98. The van der Waals surface area contributed by atoms with Crippen molar-refractivity contribution in [2.45, 2.75) is 6.42 Å². The first-order valence-corrected chi connectivity index (χ1v) is 6.81. The number of methoxy groups -OCH3 is 1. The molecule has 1 heterocycles. The van der Waals surface area contributed by atoms with Gasteiger partial charge in [0.2, 0.25) is 0 Å². The van der Waals surface area contributed by atoms with Crippen LogP contribution < -0.4 is 5.73 Å². The minimum absolute atomic E-state index is 0.264. The van der Waals surface area contributed by atoms with Crippen LogP contribution in [-0.2, 0) is 4.74 Å². The van der Waals surface area contributed by atoms with Crippen molar-refractivity contribution in [1.82, 2.24) is 4.90 Å². The first-order valence-electron chi connectivity index (χ1n) is 6.81. The second kappa shape index (κ2) is 5.18. The van der Waals surface area contributed by atoms with Gasteiger partial charge in [-0.15, -0.1) is 0 Å². The molecule has 1 aliphatic rings. The molecule has 2 amide bonds. The summed E-state index contributed by atoms with van der Waals surface area (Å²) >= 11 is 0. The highest BCUT2D eigenvalue weighted by Crippen LogP contribution is 2.33. The van der Waals surface area contributed by atoms with E-state index in [1.54, 1.807) is 31.4 Å². The van der Waals surface area contributed by atoms with E-state index in [0.717, 1.165) is 5.39 Å². The Kier molecular flexibility index (Phi) is 3.35. The number of carbonyl (C=O) groups excluding carboxylic acids is 2. The fourth-order valence-corrected chi connectivity index (χ4v) is 2.74. The zero-order valence-corrected chi connectivity index (χ0v) is 11.8. The van der Waals surface area contributed by atoms with Crippen molar-refractivity contribution >= 4 is 28.3 Å². The number of hydrogen-bond donors (Lipinski definition) is 1. The van der Waals surface area contributed by atoms with E-state index < -0.39 is 0 Å². The molecule has 2 aromatic carbocycles. The molecule has 2 aromatic rings. The lowest BCUT2D eigenvalue weighted by Crippen LogP contribution is -2.41. The smallest absolute Gasteiger partial charge is 0.261 e. The van der Waals surface area contributed by atoms with Crippen molar-refractivity contribution < 1.29 is 14.3 Å². The van der Waals surface area contributed by atoms with Crippen LogP contribution in [0.3, 0.4) is 0 Å². The van der Waals surface area contributed by atoms with Crippen LogP contribution in [0.15, 0.2) is 30.3 Å². The van der Waals surface area contributed by atoms with E-state index in [-0.39, 0.29) is 11.8 Å². The van der Waals surface area contributed by atoms with Gasteiger partial charge < -0.3 is 10.5 Å². The average molecular weight is 284 g/mol. The van der Waals surface area contributed by atoms with E-state index >= 15 is 0 Å². The zero-order chi connectivity index (χ0) is 15.0. The number of imide groups is 1. The van der Waals surface area contributed by atoms with Crippen molar-refractivity contribution in [2.75, 3.05) is 26.0 Å². The summed E-state index contributed by atoms with van der Waals surface area (Å²) in [7, 11) is 1.60. The number of hydrogen-bond acceptors (Lipinski definition) is 4. The molecule has 0 bridgehead atoms. The van der Waals surface area contributed by atoms with Crippen LogP contribution >= 0.6 is 0 Å². The molecule has 0 atom stereocenters.